The summed E-state index contributed by atoms with van der Waals surface area (Å²) in [4.78, 5) is 14.5. The zero-order valence-electron chi connectivity index (χ0n) is 12.7. The van der Waals surface area contributed by atoms with Crippen molar-refractivity contribution in [1.82, 2.24) is 4.90 Å². The molecule has 1 aromatic rings. The highest BCUT2D eigenvalue weighted by Gasteiger charge is 2.38. The Balaban J connectivity index is 1.58. The quantitative estimate of drug-likeness (QED) is 0.857. The Bertz CT molecular complexity index is 499. The molecule has 0 aliphatic carbocycles. The lowest BCUT2D eigenvalue weighted by Gasteiger charge is -2.34. The number of carbonyl (C=O) groups is 1. The Morgan fingerprint density at radius 3 is 2.86 bits per heavy atom. The average Bonchev–Trinajstić information content (AvgIpc) is 2.87. The molecule has 0 radical (unpaired) electrons. The van der Waals surface area contributed by atoms with Gasteiger partial charge in [-0.25, -0.2) is 0 Å². The van der Waals surface area contributed by atoms with Crippen LogP contribution < -0.4 is 4.74 Å². The Morgan fingerprint density at radius 2 is 2.14 bits per heavy atom. The zero-order chi connectivity index (χ0) is 14.8. The fourth-order valence-corrected chi connectivity index (χ4v) is 3.45. The van der Waals surface area contributed by atoms with E-state index in [9.17, 15) is 4.79 Å². The van der Waals surface area contributed by atoms with Crippen LogP contribution in [0.1, 0.15) is 25.3 Å². The van der Waals surface area contributed by atoms with Gasteiger partial charge in [-0.05, 0) is 37.5 Å². The van der Waals surface area contributed by atoms with Gasteiger partial charge in [0.25, 0.3) is 0 Å². The number of hydrogen-bond donors (Lipinski definition) is 0. The van der Waals surface area contributed by atoms with Gasteiger partial charge in [-0.3, -0.25) is 4.79 Å². The smallest absolute Gasteiger partial charge is 0.227 e. The number of hydrogen-bond acceptors (Lipinski definition) is 3. The van der Waals surface area contributed by atoms with E-state index in [4.69, 9.17) is 9.47 Å². The molecular weight excluding hydrogens is 266 g/mol. The van der Waals surface area contributed by atoms with Crippen LogP contribution in [0.15, 0.2) is 24.3 Å². The predicted molar refractivity (Wildman–Crippen MR) is 80.3 cm³/mol. The lowest BCUT2D eigenvalue weighted by Crippen LogP contribution is -2.45. The standard InChI is InChI=1S/C17H23NO3/c1-12-9-14-11-18(8-7-16(14)21-12)17(19)10-13-3-5-15(20-2)6-4-13/h3-6,12,14,16H,7-11H2,1-2H3/t12-,14-,16+/m0/s1. The van der Waals surface area contributed by atoms with E-state index in [1.54, 1.807) is 7.11 Å². The van der Waals surface area contributed by atoms with Crippen LogP contribution in [0.2, 0.25) is 0 Å². The Labute approximate surface area is 126 Å². The van der Waals surface area contributed by atoms with E-state index in [2.05, 4.69) is 6.92 Å². The highest BCUT2D eigenvalue weighted by Crippen LogP contribution is 2.32. The first-order valence-corrected chi connectivity index (χ1v) is 7.72. The Morgan fingerprint density at radius 1 is 1.38 bits per heavy atom. The molecule has 0 unspecified atom stereocenters. The maximum Gasteiger partial charge on any atom is 0.227 e. The first-order valence-electron chi connectivity index (χ1n) is 7.72. The van der Waals surface area contributed by atoms with Crippen LogP contribution in [0.4, 0.5) is 0 Å². The lowest BCUT2D eigenvalue weighted by molar-refractivity contribution is -0.133. The zero-order valence-corrected chi connectivity index (χ0v) is 12.7. The molecule has 21 heavy (non-hydrogen) atoms. The van der Waals surface area contributed by atoms with Crippen LogP contribution >= 0.6 is 0 Å². The second-order valence-electron chi connectivity index (χ2n) is 6.13. The molecular formula is C17H23NO3. The van der Waals surface area contributed by atoms with Crippen LogP contribution in [0.25, 0.3) is 0 Å². The summed E-state index contributed by atoms with van der Waals surface area (Å²) >= 11 is 0. The first-order chi connectivity index (χ1) is 10.2. The third-order valence-corrected chi connectivity index (χ3v) is 4.57. The van der Waals surface area contributed by atoms with E-state index >= 15 is 0 Å². The van der Waals surface area contributed by atoms with Crippen LogP contribution in [0.3, 0.4) is 0 Å². The van der Waals surface area contributed by atoms with Crippen molar-refractivity contribution in [2.75, 3.05) is 20.2 Å². The van der Waals surface area contributed by atoms with Gasteiger partial charge in [0, 0.05) is 19.0 Å². The van der Waals surface area contributed by atoms with Crippen molar-refractivity contribution in [3.05, 3.63) is 29.8 Å². The summed E-state index contributed by atoms with van der Waals surface area (Å²) in [5.41, 5.74) is 1.04. The number of fused-ring (bicyclic) bond motifs is 1. The van der Waals surface area contributed by atoms with Crippen LogP contribution in [-0.2, 0) is 16.0 Å². The highest BCUT2D eigenvalue weighted by molar-refractivity contribution is 5.79. The van der Waals surface area contributed by atoms with Crippen molar-refractivity contribution >= 4 is 5.91 Å². The van der Waals surface area contributed by atoms with E-state index in [1.807, 2.05) is 29.2 Å². The molecule has 1 amide bonds. The summed E-state index contributed by atoms with van der Waals surface area (Å²) in [6.45, 7) is 3.80. The number of amides is 1. The summed E-state index contributed by atoms with van der Waals surface area (Å²) in [6, 6.07) is 7.73. The minimum atomic E-state index is 0.221. The van der Waals surface area contributed by atoms with Gasteiger partial charge in [-0.15, -0.1) is 0 Å². The van der Waals surface area contributed by atoms with Crippen molar-refractivity contribution in [2.24, 2.45) is 5.92 Å². The van der Waals surface area contributed by atoms with E-state index in [0.717, 1.165) is 37.2 Å². The average molecular weight is 289 g/mol. The minimum absolute atomic E-state index is 0.221. The third kappa shape index (κ3) is 3.21. The number of nitrogens with zero attached hydrogens (tertiary/aromatic N) is 1. The topological polar surface area (TPSA) is 38.8 Å². The fraction of sp³-hybridized carbons (Fsp3) is 0.588. The van der Waals surface area contributed by atoms with Crippen LogP contribution in [0.5, 0.6) is 5.75 Å². The van der Waals surface area contributed by atoms with Gasteiger partial charge in [0.05, 0.1) is 25.7 Å². The molecule has 114 valence electrons. The molecule has 0 spiro atoms. The first kappa shape index (κ1) is 14.4. The Kier molecular flexibility index (Phi) is 4.15. The van der Waals surface area contributed by atoms with Crippen molar-refractivity contribution < 1.29 is 14.3 Å². The van der Waals surface area contributed by atoms with Crippen LogP contribution in [-0.4, -0.2) is 43.2 Å². The minimum Gasteiger partial charge on any atom is -0.497 e. The molecule has 3 rings (SSSR count). The molecule has 2 saturated heterocycles. The number of likely N-dealkylation sites (tertiary alicyclic amines) is 1. The van der Waals surface area contributed by atoms with E-state index in [0.29, 0.717) is 24.5 Å². The molecule has 0 aromatic heterocycles. The normalized spacial score (nSPS) is 28.3. The second kappa shape index (κ2) is 6.06. The summed E-state index contributed by atoms with van der Waals surface area (Å²) in [7, 11) is 1.65. The van der Waals surface area contributed by atoms with Crippen molar-refractivity contribution in [3.8, 4) is 5.75 Å². The number of rotatable bonds is 3. The lowest BCUT2D eigenvalue weighted by atomic mass is 9.92. The summed E-state index contributed by atoms with van der Waals surface area (Å²) in [5.74, 6) is 1.57. The van der Waals surface area contributed by atoms with Crippen LogP contribution in [0, 0.1) is 5.92 Å². The van der Waals surface area contributed by atoms with E-state index in [-0.39, 0.29) is 5.91 Å². The summed E-state index contributed by atoms with van der Waals surface area (Å²) in [5, 5.41) is 0. The fourth-order valence-electron chi connectivity index (χ4n) is 3.45. The summed E-state index contributed by atoms with van der Waals surface area (Å²) in [6.07, 6.45) is 3.24. The van der Waals surface area contributed by atoms with Crippen molar-refractivity contribution in [1.29, 1.82) is 0 Å². The van der Waals surface area contributed by atoms with Crippen molar-refractivity contribution in [2.45, 2.75) is 38.4 Å². The van der Waals surface area contributed by atoms with E-state index in [1.165, 1.54) is 0 Å². The molecule has 1 aromatic carbocycles. The largest absolute Gasteiger partial charge is 0.497 e. The number of methoxy groups -OCH3 is 1. The molecule has 2 aliphatic heterocycles. The van der Waals surface area contributed by atoms with Gasteiger partial charge in [-0.2, -0.15) is 0 Å². The van der Waals surface area contributed by atoms with Gasteiger partial charge in [0.15, 0.2) is 0 Å². The second-order valence-corrected chi connectivity index (χ2v) is 6.13. The highest BCUT2D eigenvalue weighted by atomic mass is 16.5. The van der Waals surface area contributed by atoms with Crippen molar-refractivity contribution in [3.63, 3.8) is 0 Å². The van der Waals surface area contributed by atoms with E-state index < -0.39 is 0 Å². The van der Waals surface area contributed by atoms with Gasteiger partial charge in [-0.1, -0.05) is 12.1 Å². The molecule has 0 saturated carbocycles. The molecule has 2 heterocycles. The number of piperidine rings is 1. The molecule has 0 bridgehead atoms. The molecule has 4 heteroatoms. The number of carbonyl (C=O) groups excluding carboxylic acids is 1. The molecule has 4 nitrogen and oxygen atoms in total. The number of ether oxygens (including phenoxy) is 2. The maximum atomic E-state index is 12.4. The molecule has 3 atom stereocenters. The molecule has 2 fully saturated rings. The Hall–Kier alpha value is -1.55. The third-order valence-electron chi connectivity index (χ3n) is 4.57. The predicted octanol–water partition coefficient (Wildman–Crippen LogP) is 2.26. The number of benzene rings is 1. The summed E-state index contributed by atoms with van der Waals surface area (Å²) < 4.78 is 11.0. The monoisotopic (exact) mass is 289 g/mol. The molecule has 0 N–H and O–H groups in total. The van der Waals surface area contributed by atoms with Gasteiger partial charge in [0.1, 0.15) is 5.75 Å². The maximum absolute atomic E-state index is 12.4. The van der Waals surface area contributed by atoms with Gasteiger partial charge in [0.2, 0.25) is 5.91 Å². The van der Waals surface area contributed by atoms with Gasteiger partial charge < -0.3 is 14.4 Å². The van der Waals surface area contributed by atoms with Gasteiger partial charge >= 0.3 is 0 Å². The SMILES string of the molecule is COc1ccc(CC(=O)N2CC[C@H]3O[C@@H](C)C[C@H]3C2)cc1. The molecule has 2 aliphatic rings.